The summed E-state index contributed by atoms with van der Waals surface area (Å²) in [6, 6.07) is 4.09. The molecule has 7 heteroatoms. The van der Waals surface area contributed by atoms with Gasteiger partial charge in [-0.25, -0.2) is 4.98 Å². The minimum Gasteiger partial charge on any atom is -0.370 e. The first kappa shape index (κ1) is 15.9. The molecular weight excluding hydrogens is 302 g/mol. The Balaban J connectivity index is 1.93. The number of unbranched alkanes of at least 4 members (excludes halogenated alkanes) is 2. The van der Waals surface area contributed by atoms with E-state index < -0.39 is 0 Å². The van der Waals surface area contributed by atoms with Crippen LogP contribution in [0.5, 0.6) is 0 Å². The van der Waals surface area contributed by atoms with Gasteiger partial charge in [-0.15, -0.1) is 22.7 Å². The summed E-state index contributed by atoms with van der Waals surface area (Å²) < 4.78 is 0. The lowest BCUT2D eigenvalue weighted by molar-refractivity contribution is 0.727. The Bertz CT molecular complexity index is 588. The van der Waals surface area contributed by atoms with Gasteiger partial charge in [-0.3, -0.25) is 4.99 Å². The van der Waals surface area contributed by atoms with Crippen molar-refractivity contribution in [3.63, 3.8) is 0 Å². The number of guanidine groups is 1. The Morgan fingerprint density at radius 1 is 1.38 bits per heavy atom. The van der Waals surface area contributed by atoms with Crippen molar-refractivity contribution in [1.29, 1.82) is 0 Å². The molecule has 21 heavy (non-hydrogen) atoms. The molecule has 5 nitrogen and oxygen atoms in total. The number of hydrogen-bond acceptors (Lipinski definition) is 5. The molecule has 0 unspecified atom stereocenters. The van der Waals surface area contributed by atoms with Crippen molar-refractivity contribution < 1.29 is 0 Å². The van der Waals surface area contributed by atoms with Crippen LogP contribution in [0.2, 0.25) is 0 Å². The van der Waals surface area contributed by atoms with E-state index in [9.17, 15) is 0 Å². The maximum atomic E-state index is 5.85. The van der Waals surface area contributed by atoms with Gasteiger partial charge in [0, 0.05) is 23.3 Å². The van der Waals surface area contributed by atoms with Crippen molar-refractivity contribution in [2.45, 2.75) is 32.7 Å². The molecule has 0 fully saturated rings. The molecule has 0 spiro atoms. The number of nitrogens with two attached hydrogens (primary N) is 2. The zero-order chi connectivity index (χ0) is 15.1. The molecule has 0 aliphatic carbocycles. The van der Waals surface area contributed by atoms with Gasteiger partial charge < -0.3 is 16.8 Å². The third kappa shape index (κ3) is 4.80. The van der Waals surface area contributed by atoms with Crippen LogP contribution in [0, 0.1) is 0 Å². The summed E-state index contributed by atoms with van der Waals surface area (Å²) >= 11 is 3.19. The number of nitrogens with zero attached hydrogens (tertiary/aromatic N) is 2. The van der Waals surface area contributed by atoms with Crippen LogP contribution in [0.4, 0.5) is 5.13 Å². The second kappa shape index (κ2) is 8.11. The molecule has 0 amide bonds. The van der Waals surface area contributed by atoms with E-state index in [1.807, 2.05) is 17.5 Å². The van der Waals surface area contributed by atoms with Crippen LogP contribution in [0.1, 0.15) is 31.1 Å². The molecule has 114 valence electrons. The molecule has 2 rings (SSSR count). The lowest BCUT2D eigenvalue weighted by Gasteiger charge is -2.01. The van der Waals surface area contributed by atoms with E-state index >= 15 is 0 Å². The van der Waals surface area contributed by atoms with Crippen molar-refractivity contribution in [2.24, 2.45) is 16.5 Å². The third-order valence-electron chi connectivity index (χ3n) is 2.90. The van der Waals surface area contributed by atoms with Crippen LogP contribution in [-0.4, -0.2) is 17.5 Å². The molecular formula is C14H21N5S2. The Morgan fingerprint density at radius 2 is 2.24 bits per heavy atom. The normalized spacial score (nSPS) is 11.8. The van der Waals surface area contributed by atoms with E-state index in [0.29, 0.717) is 12.5 Å². The van der Waals surface area contributed by atoms with Crippen LogP contribution < -0.4 is 16.8 Å². The van der Waals surface area contributed by atoms with Crippen LogP contribution in [0.3, 0.4) is 0 Å². The molecule has 0 saturated heterocycles. The number of thiazole rings is 1. The first-order chi connectivity index (χ1) is 10.2. The summed E-state index contributed by atoms with van der Waals surface area (Å²) in [7, 11) is 0. The second-order valence-corrected chi connectivity index (χ2v) is 6.63. The lowest BCUT2D eigenvalue weighted by atomic mass is 10.2. The van der Waals surface area contributed by atoms with Gasteiger partial charge in [0.15, 0.2) is 11.1 Å². The fraction of sp³-hybridized carbons (Fsp3) is 0.429. The third-order valence-corrected chi connectivity index (χ3v) is 4.79. The number of aromatic nitrogens is 1. The fourth-order valence-electron chi connectivity index (χ4n) is 1.78. The largest absolute Gasteiger partial charge is 0.370 e. The molecule has 2 aromatic rings. The number of anilines is 1. The molecule has 0 bridgehead atoms. The van der Waals surface area contributed by atoms with Gasteiger partial charge in [0.25, 0.3) is 0 Å². The van der Waals surface area contributed by atoms with Gasteiger partial charge in [0.2, 0.25) is 0 Å². The summed E-state index contributed by atoms with van der Waals surface area (Å²) in [6.07, 6.45) is 3.43. The average Bonchev–Trinajstić information content (AvgIpc) is 3.12. The van der Waals surface area contributed by atoms with Gasteiger partial charge in [-0.1, -0.05) is 19.8 Å². The lowest BCUT2D eigenvalue weighted by Crippen LogP contribution is -2.22. The number of rotatable bonds is 7. The molecule has 0 saturated carbocycles. The van der Waals surface area contributed by atoms with Crippen LogP contribution in [-0.2, 0) is 6.54 Å². The Kier molecular flexibility index (Phi) is 6.16. The fourth-order valence-corrected chi connectivity index (χ4v) is 3.42. The summed E-state index contributed by atoms with van der Waals surface area (Å²) in [6.45, 7) is 3.50. The van der Waals surface area contributed by atoms with E-state index in [0.717, 1.165) is 33.5 Å². The first-order valence-electron chi connectivity index (χ1n) is 7.04. The Morgan fingerprint density at radius 3 is 2.95 bits per heavy atom. The minimum atomic E-state index is 0.431. The summed E-state index contributed by atoms with van der Waals surface area (Å²) in [5.41, 5.74) is 12.4. The van der Waals surface area contributed by atoms with Gasteiger partial charge >= 0.3 is 0 Å². The predicted molar refractivity (Wildman–Crippen MR) is 93.0 cm³/mol. The SMILES string of the molecule is CCCCCN=C(N)Nc1nc(-c2ccc(CN)s2)cs1. The zero-order valence-electron chi connectivity index (χ0n) is 12.1. The predicted octanol–water partition coefficient (Wildman–Crippen LogP) is 3.25. The highest BCUT2D eigenvalue weighted by atomic mass is 32.1. The van der Waals surface area contributed by atoms with Crippen molar-refractivity contribution in [3.05, 3.63) is 22.4 Å². The van der Waals surface area contributed by atoms with E-state index in [1.54, 1.807) is 11.3 Å². The summed E-state index contributed by atoms with van der Waals surface area (Å²) in [5.74, 6) is 0.431. The highest BCUT2D eigenvalue weighted by Crippen LogP contribution is 2.30. The maximum Gasteiger partial charge on any atom is 0.194 e. The van der Waals surface area contributed by atoms with E-state index in [1.165, 1.54) is 24.2 Å². The number of nitrogens with one attached hydrogen (secondary N) is 1. The van der Waals surface area contributed by atoms with Crippen molar-refractivity contribution >= 4 is 33.8 Å². The van der Waals surface area contributed by atoms with E-state index in [4.69, 9.17) is 11.5 Å². The van der Waals surface area contributed by atoms with Gasteiger partial charge in [0.05, 0.1) is 10.6 Å². The standard InChI is InChI=1S/C14H21N5S2/c1-2-3-4-7-17-13(16)19-14-18-11(9-20-14)12-6-5-10(8-15)21-12/h5-6,9H,2-4,7-8,15H2,1H3,(H3,16,17,18,19). The van der Waals surface area contributed by atoms with E-state index in [2.05, 4.69) is 22.2 Å². The molecule has 0 aromatic carbocycles. The number of hydrogen-bond donors (Lipinski definition) is 3. The van der Waals surface area contributed by atoms with Gasteiger partial charge in [-0.2, -0.15) is 0 Å². The highest BCUT2D eigenvalue weighted by molar-refractivity contribution is 7.17. The van der Waals surface area contributed by atoms with E-state index in [-0.39, 0.29) is 0 Å². The molecule has 2 heterocycles. The van der Waals surface area contributed by atoms with Crippen LogP contribution in [0.25, 0.3) is 10.6 Å². The highest BCUT2D eigenvalue weighted by Gasteiger charge is 2.07. The Labute approximate surface area is 133 Å². The van der Waals surface area contributed by atoms with Crippen molar-refractivity contribution in [1.82, 2.24) is 4.98 Å². The van der Waals surface area contributed by atoms with Crippen LogP contribution >= 0.6 is 22.7 Å². The molecule has 0 atom stereocenters. The molecule has 0 aliphatic rings. The topological polar surface area (TPSA) is 89.3 Å². The monoisotopic (exact) mass is 323 g/mol. The Hall–Kier alpha value is -1.44. The van der Waals surface area contributed by atoms with Gasteiger partial charge in [0.1, 0.15) is 0 Å². The van der Waals surface area contributed by atoms with Gasteiger partial charge in [-0.05, 0) is 18.6 Å². The average molecular weight is 323 g/mol. The number of aliphatic imine (C=N–C) groups is 1. The number of thiophene rings is 1. The summed E-state index contributed by atoms with van der Waals surface area (Å²) in [5, 5.41) is 5.83. The minimum absolute atomic E-state index is 0.431. The molecule has 5 N–H and O–H groups in total. The molecule has 0 aliphatic heterocycles. The second-order valence-electron chi connectivity index (χ2n) is 4.61. The van der Waals surface area contributed by atoms with Crippen molar-refractivity contribution in [2.75, 3.05) is 11.9 Å². The maximum absolute atomic E-state index is 5.85. The zero-order valence-corrected chi connectivity index (χ0v) is 13.8. The quantitative estimate of drug-likeness (QED) is 0.414. The smallest absolute Gasteiger partial charge is 0.194 e. The molecule has 0 radical (unpaired) electrons. The summed E-state index contributed by atoms with van der Waals surface area (Å²) in [4.78, 5) is 11.1. The first-order valence-corrected chi connectivity index (χ1v) is 8.74. The van der Waals surface area contributed by atoms with Crippen molar-refractivity contribution in [3.8, 4) is 10.6 Å². The van der Waals surface area contributed by atoms with Crippen LogP contribution in [0.15, 0.2) is 22.5 Å². The molecule has 2 aromatic heterocycles.